The molecule has 1 saturated heterocycles. The Morgan fingerprint density at radius 1 is 1.30 bits per heavy atom. The molecule has 1 aliphatic heterocycles. The van der Waals surface area contributed by atoms with E-state index >= 15 is 0 Å². The Labute approximate surface area is 162 Å². The molecule has 3 heterocycles. The molecule has 1 atom stereocenters. The smallest absolute Gasteiger partial charge is 0.246 e. The highest BCUT2D eigenvalue weighted by molar-refractivity contribution is 5.85. The van der Waals surface area contributed by atoms with Crippen molar-refractivity contribution in [2.45, 2.75) is 12.6 Å². The van der Waals surface area contributed by atoms with Gasteiger partial charge in [-0.25, -0.2) is 4.98 Å². The summed E-state index contributed by atoms with van der Waals surface area (Å²) in [4.78, 5) is 20.5. The zero-order valence-corrected chi connectivity index (χ0v) is 15.7. The Balaban J connectivity index is 0.00000210. The summed E-state index contributed by atoms with van der Waals surface area (Å²) in [7, 11) is 1.94. The summed E-state index contributed by atoms with van der Waals surface area (Å²) in [6.45, 7) is 2.11. The highest BCUT2D eigenvalue weighted by Gasteiger charge is 2.30. The number of piperazine rings is 1. The zero-order valence-electron chi connectivity index (χ0n) is 14.9. The summed E-state index contributed by atoms with van der Waals surface area (Å²) < 4.78 is 1.94. The molecule has 1 fully saturated rings. The number of imidazole rings is 1. The first-order valence-electron chi connectivity index (χ1n) is 8.53. The lowest BCUT2D eigenvalue weighted by molar-refractivity contribution is -0.135. The Bertz CT molecular complexity index is 893. The van der Waals surface area contributed by atoms with Crippen LogP contribution in [0.25, 0.3) is 11.4 Å². The average molecular weight is 389 g/mol. The van der Waals surface area contributed by atoms with E-state index in [1.165, 1.54) is 4.80 Å². The molecule has 4 rings (SSSR count). The number of nitrogens with zero attached hydrogens (tertiary/aromatic N) is 7. The van der Waals surface area contributed by atoms with Gasteiger partial charge in [0.2, 0.25) is 11.7 Å². The molecule has 27 heavy (non-hydrogen) atoms. The second kappa shape index (κ2) is 8.28. The number of tetrazole rings is 1. The number of aryl methyl sites for hydroxylation is 1. The van der Waals surface area contributed by atoms with E-state index in [1.807, 2.05) is 53.0 Å². The molecule has 0 saturated carbocycles. The third-order valence-corrected chi connectivity index (χ3v) is 4.48. The van der Waals surface area contributed by atoms with E-state index in [0.29, 0.717) is 18.9 Å². The molecule has 0 radical (unpaired) electrons. The summed E-state index contributed by atoms with van der Waals surface area (Å²) >= 11 is 0. The molecule has 1 amide bonds. The van der Waals surface area contributed by atoms with E-state index in [9.17, 15) is 4.79 Å². The quantitative estimate of drug-likeness (QED) is 0.706. The molecule has 142 valence electrons. The second-order valence-corrected chi connectivity index (χ2v) is 6.21. The molecule has 0 aliphatic carbocycles. The van der Waals surface area contributed by atoms with E-state index in [4.69, 9.17) is 0 Å². The fourth-order valence-corrected chi connectivity index (χ4v) is 3.16. The van der Waals surface area contributed by atoms with Gasteiger partial charge in [0.1, 0.15) is 18.4 Å². The van der Waals surface area contributed by atoms with Crippen molar-refractivity contribution in [2.24, 2.45) is 7.05 Å². The van der Waals surface area contributed by atoms with Crippen LogP contribution in [0.15, 0.2) is 42.7 Å². The maximum atomic E-state index is 12.9. The maximum absolute atomic E-state index is 12.9. The number of carbonyl (C=O) groups is 1. The lowest BCUT2D eigenvalue weighted by atomic mass is 10.1. The van der Waals surface area contributed by atoms with E-state index in [1.54, 1.807) is 6.20 Å². The van der Waals surface area contributed by atoms with Crippen LogP contribution in [0, 0.1) is 0 Å². The molecular weight excluding hydrogens is 368 g/mol. The van der Waals surface area contributed by atoms with Gasteiger partial charge in [-0.2, -0.15) is 4.80 Å². The fourth-order valence-electron chi connectivity index (χ4n) is 3.16. The minimum Gasteiger partial charge on any atom is -0.336 e. The van der Waals surface area contributed by atoms with E-state index in [-0.39, 0.29) is 30.9 Å². The highest BCUT2D eigenvalue weighted by Crippen LogP contribution is 2.21. The van der Waals surface area contributed by atoms with Crippen LogP contribution in [0.2, 0.25) is 0 Å². The van der Waals surface area contributed by atoms with Crippen LogP contribution in [0.5, 0.6) is 0 Å². The zero-order chi connectivity index (χ0) is 17.9. The standard InChI is InChI=1S/C17H20N8O.ClH/c1-23-9-8-19-17(23)14-11-18-7-10-24(14)15(26)12-25-21-16(20-22-25)13-5-3-2-4-6-13;/h2-6,8-9,14,18H,7,10-12H2,1H3;1H. The molecule has 0 spiro atoms. The summed E-state index contributed by atoms with van der Waals surface area (Å²) in [5.74, 6) is 1.33. The number of amides is 1. The Kier molecular flexibility index (Phi) is 5.82. The van der Waals surface area contributed by atoms with Gasteiger partial charge < -0.3 is 14.8 Å². The summed E-state index contributed by atoms with van der Waals surface area (Å²) in [6.07, 6.45) is 3.63. The van der Waals surface area contributed by atoms with Gasteiger partial charge in [0.05, 0.1) is 0 Å². The lowest BCUT2D eigenvalue weighted by Gasteiger charge is -2.35. The minimum atomic E-state index is -0.103. The number of nitrogens with one attached hydrogen (secondary N) is 1. The van der Waals surface area contributed by atoms with Crippen LogP contribution in [0.3, 0.4) is 0 Å². The number of rotatable bonds is 4. The average Bonchev–Trinajstić information content (AvgIpc) is 3.31. The number of benzene rings is 1. The van der Waals surface area contributed by atoms with Crippen LogP contribution >= 0.6 is 12.4 Å². The molecule has 0 bridgehead atoms. The van der Waals surface area contributed by atoms with Gasteiger partial charge in [-0.1, -0.05) is 30.3 Å². The van der Waals surface area contributed by atoms with Crippen molar-refractivity contribution in [3.05, 3.63) is 48.5 Å². The molecule has 1 N–H and O–H groups in total. The number of halogens is 1. The maximum Gasteiger partial charge on any atom is 0.246 e. The number of carbonyl (C=O) groups excluding carboxylic acids is 1. The van der Waals surface area contributed by atoms with Crippen LogP contribution in [0.4, 0.5) is 0 Å². The first kappa shape index (κ1) is 19.0. The molecule has 2 aromatic heterocycles. The van der Waals surface area contributed by atoms with Crippen LogP contribution in [0.1, 0.15) is 11.9 Å². The third kappa shape index (κ3) is 3.99. The van der Waals surface area contributed by atoms with Crippen LogP contribution < -0.4 is 5.32 Å². The van der Waals surface area contributed by atoms with Crippen molar-refractivity contribution in [3.8, 4) is 11.4 Å². The van der Waals surface area contributed by atoms with Crippen LogP contribution in [-0.2, 0) is 18.4 Å². The lowest BCUT2D eigenvalue weighted by Crippen LogP contribution is -2.50. The monoisotopic (exact) mass is 388 g/mol. The number of aromatic nitrogens is 6. The predicted octanol–water partition coefficient (Wildman–Crippen LogP) is 0.668. The molecule has 9 nitrogen and oxygen atoms in total. The van der Waals surface area contributed by atoms with Gasteiger partial charge in [-0.15, -0.1) is 22.6 Å². The van der Waals surface area contributed by atoms with Gasteiger partial charge in [-0.05, 0) is 5.21 Å². The van der Waals surface area contributed by atoms with Crippen molar-refractivity contribution < 1.29 is 4.79 Å². The molecule has 1 unspecified atom stereocenters. The van der Waals surface area contributed by atoms with E-state index in [0.717, 1.165) is 17.9 Å². The largest absolute Gasteiger partial charge is 0.336 e. The normalized spacial score (nSPS) is 16.8. The summed E-state index contributed by atoms with van der Waals surface area (Å²) in [5.41, 5.74) is 0.874. The highest BCUT2D eigenvalue weighted by atomic mass is 35.5. The first-order valence-corrected chi connectivity index (χ1v) is 8.53. The van der Waals surface area contributed by atoms with Gasteiger partial charge in [0, 0.05) is 44.6 Å². The molecule has 1 aromatic carbocycles. The van der Waals surface area contributed by atoms with Crippen molar-refractivity contribution >= 4 is 18.3 Å². The summed E-state index contributed by atoms with van der Waals surface area (Å²) in [5, 5.41) is 15.7. The molecular formula is C17H21ClN8O. The predicted molar refractivity (Wildman–Crippen MR) is 101 cm³/mol. The third-order valence-electron chi connectivity index (χ3n) is 4.48. The SMILES string of the molecule is Cl.Cn1ccnc1C1CNCCN1C(=O)Cn1nnc(-c2ccccc2)n1. The van der Waals surface area contributed by atoms with Gasteiger partial charge >= 0.3 is 0 Å². The van der Waals surface area contributed by atoms with Gasteiger partial charge in [-0.3, -0.25) is 4.79 Å². The Hall–Kier alpha value is -2.78. The first-order chi connectivity index (χ1) is 12.7. The minimum absolute atomic E-state index is 0. The van der Waals surface area contributed by atoms with Crippen molar-refractivity contribution in [1.82, 2.24) is 40.0 Å². The Morgan fingerprint density at radius 2 is 2.11 bits per heavy atom. The summed E-state index contributed by atoms with van der Waals surface area (Å²) in [6, 6.07) is 9.49. The molecule has 1 aliphatic rings. The van der Waals surface area contributed by atoms with Gasteiger partial charge in [0.25, 0.3) is 0 Å². The van der Waals surface area contributed by atoms with Gasteiger partial charge in [0.15, 0.2) is 0 Å². The fraction of sp³-hybridized carbons (Fsp3) is 0.353. The van der Waals surface area contributed by atoms with Crippen LogP contribution in [-0.4, -0.2) is 60.2 Å². The topological polar surface area (TPSA) is 93.8 Å². The number of hydrogen-bond acceptors (Lipinski definition) is 6. The molecule has 10 heteroatoms. The van der Waals surface area contributed by atoms with Crippen molar-refractivity contribution in [3.63, 3.8) is 0 Å². The molecule has 3 aromatic rings. The number of hydrogen-bond donors (Lipinski definition) is 1. The van der Waals surface area contributed by atoms with E-state index < -0.39 is 0 Å². The van der Waals surface area contributed by atoms with Crippen molar-refractivity contribution in [2.75, 3.05) is 19.6 Å². The second-order valence-electron chi connectivity index (χ2n) is 6.21. The Morgan fingerprint density at radius 3 is 2.85 bits per heavy atom. The van der Waals surface area contributed by atoms with E-state index in [2.05, 4.69) is 25.7 Å². The van der Waals surface area contributed by atoms with Crippen molar-refractivity contribution in [1.29, 1.82) is 0 Å².